The SMILES string of the molecule is O=C1c2[nH]nc(-c3ccc(Cl)cc3)c2C(c2cccc([N+](=O)[O-])c2)N1Cc1ccncc1. The number of pyridine rings is 1. The summed E-state index contributed by atoms with van der Waals surface area (Å²) in [5, 5.41) is 19.3. The monoisotopic (exact) mass is 445 g/mol. The molecule has 8 nitrogen and oxygen atoms in total. The van der Waals surface area contributed by atoms with Crippen molar-refractivity contribution in [2.45, 2.75) is 12.6 Å². The quantitative estimate of drug-likeness (QED) is 0.351. The van der Waals surface area contributed by atoms with Crippen molar-refractivity contribution in [2.75, 3.05) is 0 Å². The lowest BCUT2D eigenvalue weighted by Gasteiger charge is -2.26. The summed E-state index contributed by atoms with van der Waals surface area (Å²) in [6, 6.07) is 16.7. The molecular formula is C23H16ClN5O3. The molecule has 4 aromatic rings. The summed E-state index contributed by atoms with van der Waals surface area (Å²) in [7, 11) is 0. The summed E-state index contributed by atoms with van der Waals surface area (Å²) >= 11 is 6.04. The molecule has 1 N–H and O–H groups in total. The maximum Gasteiger partial charge on any atom is 0.273 e. The van der Waals surface area contributed by atoms with Crippen LogP contribution in [0.15, 0.2) is 73.1 Å². The predicted octanol–water partition coefficient (Wildman–Crippen LogP) is 4.78. The largest absolute Gasteiger partial charge is 0.322 e. The second-order valence-corrected chi connectivity index (χ2v) is 7.85. The van der Waals surface area contributed by atoms with Gasteiger partial charge in [-0.3, -0.25) is 25.0 Å². The van der Waals surface area contributed by atoms with E-state index in [1.807, 2.05) is 24.3 Å². The average Bonchev–Trinajstić information content (AvgIpc) is 3.34. The number of aromatic amines is 1. The highest BCUT2D eigenvalue weighted by atomic mass is 35.5. The van der Waals surface area contributed by atoms with Gasteiger partial charge in [-0.05, 0) is 35.4 Å². The van der Waals surface area contributed by atoms with E-state index in [1.165, 1.54) is 12.1 Å². The molecule has 0 radical (unpaired) electrons. The average molecular weight is 446 g/mol. The molecule has 0 bridgehead atoms. The fourth-order valence-corrected chi connectivity index (χ4v) is 4.15. The van der Waals surface area contributed by atoms with Crippen molar-refractivity contribution in [3.63, 3.8) is 0 Å². The third-order valence-corrected chi connectivity index (χ3v) is 5.73. The van der Waals surface area contributed by atoms with Gasteiger partial charge in [-0.2, -0.15) is 5.10 Å². The first-order chi connectivity index (χ1) is 15.5. The van der Waals surface area contributed by atoms with Crippen molar-refractivity contribution in [3.05, 3.63) is 111 Å². The fraction of sp³-hybridized carbons (Fsp3) is 0.0870. The van der Waals surface area contributed by atoms with Gasteiger partial charge in [0.15, 0.2) is 0 Å². The number of H-pyrrole nitrogens is 1. The van der Waals surface area contributed by atoms with Crippen LogP contribution < -0.4 is 0 Å². The molecule has 0 saturated heterocycles. The van der Waals surface area contributed by atoms with Crippen LogP contribution in [-0.2, 0) is 6.54 Å². The Morgan fingerprint density at radius 3 is 2.56 bits per heavy atom. The van der Waals surface area contributed by atoms with E-state index in [4.69, 9.17) is 11.6 Å². The Kier molecular flexibility index (Phi) is 4.91. The zero-order valence-electron chi connectivity index (χ0n) is 16.6. The number of non-ortho nitro benzene ring substituents is 1. The number of nitro groups is 1. The molecule has 158 valence electrons. The maximum atomic E-state index is 13.4. The van der Waals surface area contributed by atoms with E-state index in [2.05, 4.69) is 15.2 Å². The summed E-state index contributed by atoms with van der Waals surface area (Å²) < 4.78 is 0. The molecule has 0 fully saturated rings. The van der Waals surface area contributed by atoms with Gasteiger partial charge in [0.05, 0.1) is 16.7 Å². The molecule has 5 rings (SSSR count). The van der Waals surface area contributed by atoms with Gasteiger partial charge in [-0.15, -0.1) is 0 Å². The van der Waals surface area contributed by atoms with Gasteiger partial charge in [-0.1, -0.05) is 35.9 Å². The number of carbonyl (C=O) groups is 1. The molecule has 1 amide bonds. The number of hydrogen-bond donors (Lipinski definition) is 1. The highest BCUT2D eigenvalue weighted by Crippen LogP contribution is 2.44. The molecule has 0 saturated carbocycles. The predicted molar refractivity (Wildman–Crippen MR) is 118 cm³/mol. The lowest BCUT2D eigenvalue weighted by molar-refractivity contribution is -0.384. The van der Waals surface area contributed by atoms with E-state index in [-0.39, 0.29) is 11.6 Å². The molecule has 1 aliphatic heterocycles. The molecule has 2 aromatic heterocycles. The first-order valence-corrected chi connectivity index (χ1v) is 10.2. The first-order valence-electron chi connectivity index (χ1n) is 9.81. The number of fused-ring (bicyclic) bond motifs is 1. The lowest BCUT2D eigenvalue weighted by atomic mass is 9.95. The van der Waals surface area contributed by atoms with Crippen molar-refractivity contribution in [2.24, 2.45) is 0 Å². The molecule has 32 heavy (non-hydrogen) atoms. The molecular weight excluding hydrogens is 430 g/mol. The minimum Gasteiger partial charge on any atom is -0.322 e. The van der Waals surface area contributed by atoms with Crippen LogP contribution in [0.25, 0.3) is 11.3 Å². The van der Waals surface area contributed by atoms with Crippen LogP contribution in [0, 0.1) is 10.1 Å². The van der Waals surface area contributed by atoms with Crippen LogP contribution in [0.4, 0.5) is 5.69 Å². The van der Waals surface area contributed by atoms with E-state index in [0.717, 1.165) is 11.1 Å². The minimum atomic E-state index is -0.546. The highest BCUT2D eigenvalue weighted by molar-refractivity contribution is 6.30. The molecule has 9 heteroatoms. The number of nitro benzene ring substituents is 1. The van der Waals surface area contributed by atoms with E-state index in [0.29, 0.717) is 34.1 Å². The van der Waals surface area contributed by atoms with Crippen molar-refractivity contribution >= 4 is 23.2 Å². The second-order valence-electron chi connectivity index (χ2n) is 7.41. The van der Waals surface area contributed by atoms with Crippen molar-refractivity contribution < 1.29 is 9.72 Å². The van der Waals surface area contributed by atoms with E-state index in [9.17, 15) is 14.9 Å². The zero-order chi connectivity index (χ0) is 22.2. The molecule has 2 aromatic carbocycles. The van der Waals surface area contributed by atoms with Gasteiger partial charge in [0.1, 0.15) is 5.69 Å². The number of benzene rings is 2. The number of halogens is 1. The summed E-state index contributed by atoms with van der Waals surface area (Å²) in [5.74, 6) is -0.221. The maximum absolute atomic E-state index is 13.4. The summed E-state index contributed by atoms with van der Waals surface area (Å²) in [5.41, 5.74) is 3.96. The Bertz CT molecular complexity index is 1320. The van der Waals surface area contributed by atoms with Crippen LogP contribution >= 0.6 is 11.6 Å². The molecule has 1 unspecified atom stereocenters. The Balaban J connectivity index is 1.67. The molecule has 1 atom stereocenters. The lowest BCUT2D eigenvalue weighted by Crippen LogP contribution is -2.29. The highest BCUT2D eigenvalue weighted by Gasteiger charge is 2.42. The van der Waals surface area contributed by atoms with Gasteiger partial charge in [-0.25, -0.2) is 0 Å². The number of hydrogen-bond acceptors (Lipinski definition) is 5. The Morgan fingerprint density at radius 1 is 1.09 bits per heavy atom. The molecule has 0 spiro atoms. The Labute approximate surface area is 187 Å². The van der Waals surface area contributed by atoms with Crippen LogP contribution in [0.3, 0.4) is 0 Å². The summed E-state index contributed by atoms with van der Waals surface area (Å²) in [4.78, 5) is 30.1. The standard InChI is InChI=1S/C23H16ClN5O3/c24-17-6-4-15(5-7-17)20-19-21(27-26-20)23(30)28(13-14-8-10-25-11-9-14)22(19)16-2-1-3-18(12-16)29(31)32/h1-12,22H,13H2,(H,26,27). The number of carbonyl (C=O) groups excluding carboxylic acids is 1. The van der Waals surface area contributed by atoms with Crippen molar-refractivity contribution in [1.29, 1.82) is 0 Å². The number of rotatable bonds is 5. The van der Waals surface area contributed by atoms with Gasteiger partial charge in [0, 0.05) is 47.2 Å². The third-order valence-electron chi connectivity index (χ3n) is 5.48. The number of nitrogens with one attached hydrogen (secondary N) is 1. The van der Waals surface area contributed by atoms with Gasteiger partial charge in [0.2, 0.25) is 0 Å². The molecule has 0 aliphatic carbocycles. The van der Waals surface area contributed by atoms with E-state index in [1.54, 1.807) is 41.6 Å². The zero-order valence-corrected chi connectivity index (χ0v) is 17.4. The van der Waals surface area contributed by atoms with Gasteiger partial charge >= 0.3 is 0 Å². The second kappa shape index (κ2) is 7.90. The van der Waals surface area contributed by atoms with E-state index >= 15 is 0 Å². The minimum absolute atomic E-state index is 0.0382. The fourth-order valence-electron chi connectivity index (χ4n) is 4.03. The summed E-state index contributed by atoms with van der Waals surface area (Å²) in [6.45, 7) is 0.317. The van der Waals surface area contributed by atoms with Crippen LogP contribution in [0.2, 0.25) is 5.02 Å². The normalized spacial score (nSPS) is 15.1. The number of aromatic nitrogens is 3. The number of nitrogens with zero attached hydrogens (tertiary/aromatic N) is 4. The third kappa shape index (κ3) is 3.40. The van der Waals surface area contributed by atoms with E-state index < -0.39 is 11.0 Å². The smallest absolute Gasteiger partial charge is 0.273 e. The van der Waals surface area contributed by atoms with Crippen LogP contribution in [0.1, 0.15) is 33.2 Å². The van der Waals surface area contributed by atoms with Gasteiger partial charge < -0.3 is 4.90 Å². The molecule has 3 heterocycles. The van der Waals surface area contributed by atoms with Crippen molar-refractivity contribution in [1.82, 2.24) is 20.1 Å². The van der Waals surface area contributed by atoms with Gasteiger partial charge in [0.25, 0.3) is 11.6 Å². The summed E-state index contributed by atoms with van der Waals surface area (Å²) in [6.07, 6.45) is 3.33. The Hall–Kier alpha value is -4.04. The molecule has 1 aliphatic rings. The van der Waals surface area contributed by atoms with Crippen LogP contribution in [-0.4, -0.2) is 30.9 Å². The number of amides is 1. The Morgan fingerprint density at radius 2 is 1.84 bits per heavy atom. The van der Waals surface area contributed by atoms with Crippen molar-refractivity contribution in [3.8, 4) is 11.3 Å². The topological polar surface area (TPSA) is 105 Å². The first kappa shape index (κ1) is 19.9. The van der Waals surface area contributed by atoms with Crippen LogP contribution in [0.5, 0.6) is 0 Å².